The number of nitrogens with one attached hydrogen (secondary N) is 1. The van der Waals surface area contributed by atoms with Crippen molar-refractivity contribution in [1.82, 2.24) is 10.3 Å². The lowest BCUT2D eigenvalue weighted by molar-refractivity contribution is 0.0951. The number of pyridine rings is 1. The van der Waals surface area contributed by atoms with E-state index in [-0.39, 0.29) is 11.5 Å². The molecular weight excluding hydrogens is 337 g/mol. The first-order valence-corrected chi connectivity index (χ1v) is 8.42. The second kappa shape index (κ2) is 7.73. The molecule has 3 N–H and O–H groups in total. The molecule has 128 valence electrons. The van der Waals surface area contributed by atoms with Crippen molar-refractivity contribution in [1.29, 1.82) is 0 Å². The molecule has 1 amide bonds. The standard InChI is InChI=1S/C15H16FN3O4S/c16-24(21,22)13-4-2-11(3-5-13)15(20)19-7-1-9-23-12-6-8-18-14(17)10-12/h2-6,8,10H,1,7,9H2,(H2,17,18)(H,19,20). The van der Waals surface area contributed by atoms with Crippen molar-refractivity contribution in [2.45, 2.75) is 11.3 Å². The molecule has 0 aliphatic heterocycles. The summed E-state index contributed by atoms with van der Waals surface area (Å²) in [5, 5.41) is 2.66. The Morgan fingerprint density at radius 3 is 2.58 bits per heavy atom. The van der Waals surface area contributed by atoms with E-state index in [1.165, 1.54) is 18.3 Å². The molecule has 1 aromatic carbocycles. The van der Waals surface area contributed by atoms with Crippen molar-refractivity contribution in [3.63, 3.8) is 0 Å². The largest absolute Gasteiger partial charge is 0.493 e. The van der Waals surface area contributed by atoms with Gasteiger partial charge in [0.2, 0.25) is 0 Å². The molecule has 9 heteroatoms. The quantitative estimate of drug-likeness (QED) is 0.577. The number of ether oxygens (including phenoxy) is 1. The summed E-state index contributed by atoms with van der Waals surface area (Å²) in [6.07, 6.45) is 2.10. The van der Waals surface area contributed by atoms with Crippen LogP contribution in [0.1, 0.15) is 16.8 Å². The number of nitrogens with zero attached hydrogens (tertiary/aromatic N) is 1. The van der Waals surface area contributed by atoms with Crippen LogP contribution in [0.5, 0.6) is 5.75 Å². The van der Waals surface area contributed by atoms with Gasteiger partial charge in [-0.25, -0.2) is 4.98 Å². The number of hydrogen-bond donors (Lipinski definition) is 2. The number of aromatic nitrogens is 1. The molecule has 0 saturated carbocycles. The van der Waals surface area contributed by atoms with Crippen molar-refractivity contribution in [3.8, 4) is 5.75 Å². The minimum absolute atomic E-state index is 0.241. The van der Waals surface area contributed by atoms with Gasteiger partial charge in [0.05, 0.1) is 11.5 Å². The molecule has 0 bridgehead atoms. The first-order valence-electron chi connectivity index (χ1n) is 7.03. The zero-order valence-electron chi connectivity index (χ0n) is 12.6. The van der Waals surface area contributed by atoms with Crippen LogP contribution in [-0.4, -0.2) is 32.5 Å². The molecule has 2 aromatic rings. The van der Waals surface area contributed by atoms with E-state index in [1.807, 2.05) is 0 Å². The fraction of sp³-hybridized carbons (Fsp3) is 0.200. The van der Waals surface area contributed by atoms with Crippen LogP contribution in [0.4, 0.5) is 9.70 Å². The van der Waals surface area contributed by atoms with Crippen molar-refractivity contribution < 1.29 is 21.8 Å². The minimum atomic E-state index is -4.76. The summed E-state index contributed by atoms with van der Waals surface area (Å²) in [6.45, 7) is 0.741. The van der Waals surface area contributed by atoms with E-state index in [4.69, 9.17) is 10.5 Å². The average molecular weight is 353 g/mol. The van der Waals surface area contributed by atoms with Gasteiger partial charge in [-0.1, -0.05) is 0 Å². The number of nitrogen functional groups attached to an aromatic ring is 1. The third-order valence-corrected chi connectivity index (χ3v) is 3.86. The highest BCUT2D eigenvalue weighted by Crippen LogP contribution is 2.13. The molecule has 0 saturated heterocycles. The first-order chi connectivity index (χ1) is 11.4. The molecule has 0 fully saturated rings. The van der Waals surface area contributed by atoms with Gasteiger partial charge >= 0.3 is 10.2 Å². The predicted octanol–water partition coefficient (Wildman–Crippen LogP) is 1.52. The second-order valence-corrected chi connectivity index (χ2v) is 6.18. The van der Waals surface area contributed by atoms with Crippen molar-refractivity contribution >= 4 is 21.9 Å². The maximum atomic E-state index is 12.8. The van der Waals surface area contributed by atoms with Gasteiger partial charge in [-0.3, -0.25) is 4.79 Å². The van der Waals surface area contributed by atoms with Gasteiger partial charge < -0.3 is 15.8 Å². The van der Waals surface area contributed by atoms with Crippen LogP contribution in [-0.2, 0) is 10.2 Å². The topological polar surface area (TPSA) is 111 Å². The number of benzene rings is 1. The second-order valence-electron chi connectivity index (χ2n) is 4.84. The molecular formula is C15H16FN3O4S. The average Bonchev–Trinajstić information content (AvgIpc) is 2.54. The Morgan fingerprint density at radius 1 is 1.25 bits per heavy atom. The summed E-state index contributed by atoms with van der Waals surface area (Å²) in [5.41, 5.74) is 5.76. The number of anilines is 1. The Balaban J connectivity index is 1.75. The number of rotatable bonds is 7. The van der Waals surface area contributed by atoms with Crippen LogP contribution in [0.15, 0.2) is 47.5 Å². The summed E-state index contributed by atoms with van der Waals surface area (Å²) in [5.74, 6) is 0.572. The SMILES string of the molecule is Nc1cc(OCCCNC(=O)c2ccc(S(=O)(=O)F)cc2)ccn1. The van der Waals surface area contributed by atoms with E-state index in [2.05, 4.69) is 10.3 Å². The Hall–Kier alpha value is -2.68. The molecule has 0 atom stereocenters. The van der Waals surface area contributed by atoms with Gasteiger partial charge in [0.1, 0.15) is 11.6 Å². The summed E-state index contributed by atoms with van der Waals surface area (Å²) >= 11 is 0. The van der Waals surface area contributed by atoms with Crippen molar-refractivity contribution in [2.24, 2.45) is 0 Å². The number of carbonyl (C=O) groups excluding carboxylic acids is 1. The van der Waals surface area contributed by atoms with Crippen molar-refractivity contribution in [2.75, 3.05) is 18.9 Å². The van der Waals surface area contributed by atoms with Crippen LogP contribution < -0.4 is 15.8 Å². The van der Waals surface area contributed by atoms with E-state index in [0.29, 0.717) is 31.1 Å². The van der Waals surface area contributed by atoms with Gasteiger partial charge in [-0.2, -0.15) is 8.42 Å². The fourth-order valence-corrected chi connectivity index (χ4v) is 2.31. The molecule has 1 aromatic heterocycles. The van der Waals surface area contributed by atoms with Crippen LogP contribution in [0.3, 0.4) is 0 Å². The lowest BCUT2D eigenvalue weighted by Crippen LogP contribution is -2.25. The molecule has 0 aliphatic rings. The van der Waals surface area contributed by atoms with Crippen molar-refractivity contribution in [3.05, 3.63) is 48.2 Å². The molecule has 1 heterocycles. The third-order valence-electron chi connectivity index (χ3n) is 3.03. The molecule has 2 rings (SSSR count). The number of nitrogens with two attached hydrogens (primary N) is 1. The Labute approximate surface area is 138 Å². The fourth-order valence-electron chi connectivity index (χ4n) is 1.85. The zero-order valence-corrected chi connectivity index (χ0v) is 13.4. The Kier molecular flexibility index (Phi) is 5.69. The number of carbonyl (C=O) groups is 1. The lowest BCUT2D eigenvalue weighted by atomic mass is 10.2. The van der Waals surface area contributed by atoms with Crippen LogP contribution in [0.2, 0.25) is 0 Å². The zero-order chi connectivity index (χ0) is 17.6. The molecule has 0 aliphatic carbocycles. The van der Waals surface area contributed by atoms with Gasteiger partial charge in [0, 0.05) is 24.4 Å². The Bertz CT molecular complexity index is 810. The van der Waals surface area contributed by atoms with E-state index in [0.717, 1.165) is 12.1 Å². The van der Waals surface area contributed by atoms with Crippen LogP contribution >= 0.6 is 0 Å². The molecule has 24 heavy (non-hydrogen) atoms. The maximum absolute atomic E-state index is 12.8. The molecule has 0 radical (unpaired) electrons. The number of halogens is 1. The smallest absolute Gasteiger partial charge is 0.332 e. The van der Waals surface area contributed by atoms with Crippen LogP contribution in [0, 0.1) is 0 Å². The van der Waals surface area contributed by atoms with Gasteiger partial charge in [-0.05, 0) is 36.8 Å². The summed E-state index contributed by atoms with van der Waals surface area (Å²) in [6, 6.07) is 7.85. The normalized spacial score (nSPS) is 11.0. The number of hydrogen-bond acceptors (Lipinski definition) is 6. The van der Waals surface area contributed by atoms with E-state index in [1.54, 1.807) is 12.1 Å². The third kappa shape index (κ3) is 5.20. The van der Waals surface area contributed by atoms with Crippen LogP contribution in [0.25, 0.3) is 0 Å². The number of amides is 1. The van der Waals surface area contributed by atoms with Gasteiger partial charge in [0.25, 0.3) is 5.91 Å². The summed E-state index contributed by atoms with van der Waals surface area (Å²) in [7, 11) is -4.76. The van der Waals surface area contributed by atoms with E-state index < -0.39 is 15.1 Å². The highest BCUT2D eigenvalue weighted by molar-refractivity contribution is 7.86. The van der Waals surface area contributed by atoms with Gasteiger partial charge in [-0.15, -0.1) is 3.89 Å². The summed E-state index contributed by atoms with van der Waals surface area (Å²) in [4.78, 5) is 15.2. The highest BCUT2D eigenvalue weighted by Gasteiger charge is 2.12. The molecule has 7 nitrogen and oxygen atoms in total. The molecule has 0 spiro atoms. The lowest BCUT2D eigenvalue weighted by Gasteiger charge is -2.08. The van der Waals surface area contributed by atoms with Gasteiger partial charge in [0.15, 0.2) is 0 Å². The molecule has 0 unspecified atom stereocenters. The Morgan fingerprint density at radius 2 is 1.96 bits per heavy atom. The van der Waals surface area contributed by atoms with E-state index >= 15 is 0 Å². The maximum Gasteiger partial charge on any atom is 0.332 e. The minimum Gasteiger partial charge on any atom is -0.493 e. The monoisotopic (exact) mass is 353 g/mol. The predicted molar refractivity (Wildman–Crippen MR) is 85.8 cm³/mol. The highest BCUT2D eigenvalue weighted by atomic mass is 32.3. The first kappa shape index (κ1) is 17.7. The van der Waals surface area contributed by atoms with E-state index in [9.17, 15) is 17.1 Å². The summed E-state index contributed by atoms with van der Waals surface area (Å²) < 4.78 is 39.6.